The van der Waals surface area contributed by atoms with Gasteiger partial charge in [0.05, 0.1) is 0 Å². The fourth-order valence-corrected chi connectivity index (χ4v) is 0. The van der Waals surface area contributed by atoms with Gasteiger partial charge in [0.2, 0.25) is 11.8 Å². The van der Waals surface area contributed by atoms with Crippen molar-refractivity contribution in [3.63, 3.8) is 0 Å². The molecule has 0 bridgehead atoms. The van der Waals surface area contributed by atoms with Crippen molar-refractivity contribution in [2.24, 2.45) is 0 Å². The first-order valence-corrected chi connectivity index (χ1v) is 6.11. The second-order valence-corrected chi connectivity index (χ2v) is 3.02. The zero-order chi connectivity index (χ0) is 16.9. The molecule has 6 nitrogen and oxygen atoms in total. The zero-order valence-electron chi connectivity index (χ0n) is 14.2. The molecule has 118 valence electrons. The summed E-state index contributed by atoms with van der Waals surface area (Å²) in [5.41, 5.74) is 0. The summed E-state index contributed by atoms with van der Waals surface area (Å²) in [4.78, 5) is 28.8. The van der Waals surface area contributed by atoms with Crippen molar-refractivity contribution in [1.82, 2.24) is 16.0 Å². The largest absolute Gasteiger partial charge is 0.359 e. The first kappa shape index (κ1) is 30.5. The predicted octanol–water partition coefficient (Wildman–Crippen LogP) is 0.962. The number of nitrogens with one attached hydrogen (secondary N) is 3. The van der Waals surface area contributed by atoms with Gasteiger partial charge in [0.15, 0.2) is 0 Å². The molecule has 0 aromatic rings. The van der Waals surface area contributed by atoms with Gasteiger partial charge in [-0.2, -0.15) is 0 Å². The van der Waals surface area contributed by atoms with Crippen LogP contribution in [0.5, 0.6) is 0 Å². The molecule has 2 amide bonds. The normalized spacial score (nSPS) is 6.21. The van der Waals surface area contributed by atoms with Crippen LogP contribution >= 0.6 is 0 Å². The standard InChI is InChI=1S/2C3H7NO.C3H6O.C2H7N.C2H6/c2*1-3(5)4-2;1-3(2)4;1-3-2;1-2/h2*1-2H3,(H,4,5);1-2H3;3H,1-2H3;1-2H3. The van der Waals surface area contributed by atoms with E-state index in [2.05, 4.69) is 16.0 Å². The third-order valence-electron chi connectivity index (χ3n) is 0.704. The first-order valence-electron chi connectivity index (χ1n) is 6.11. The van der Waals surface area contributed by atoms with Crippen LogP contribution in [0.4, 0.5) is 0 Å². The fraction of sp³-hybridized carbons (Fsp3) is 0.769. The molecule has 0 aliphatic rings. The molecular weight excluding hydrogens is 246 g/mol. The average molecular weight is 279 g/mol. The lowest BCUT2D eigenvalue weighted by Crippen LogP contribution is -2.11. The van der Waals surface area contributed by atoms with E-state index in [9.17, 15) is 14.4 Å². The maximum atomic E-state index is 9.70. The van der Waals surface area contributed by atoms with E-state index in [0.29, 0.717) is 0 Å². The number of carbonyl (C=O) groups is 3. The lowest BCUT2D eigenvalue weighted by Gasteiger charge is -1.80. The van der Waals surface area contributed by atoms with Gasteiger partial charge in [0, 0.05) is 27.9 Å². The van der Waals surface area contributed by atoms with E-state index >= 15 is 0 Å². The van der Waals surface area contributed by atoms with E-state index < -0.39 is 0 Å². The van der Waals surface area contributed by atoms with Gasteiger partial charge in [-0.05, 0) is 27.9 Å². The summed E-state index contributed by atoms with van der Waals surface area (Å²) in [5, 5.41) is 7.53. The van der Waals surface area contributed by atoms with Crippen LogP contribution in [0.3, 0.4) is 0 Å². The maximum Gasteiger partial charge on any atom is 0.216 e. The van der Waals surface area contributed by atoms with Crippen molar-refractivity contribution in [3.05, 3.63) is 0 Å². The molecule has 0 saturated heterocycles. The molecule has 19 heavy (non-hydrogen) atoms. The smallest absolute Gasteiger partial charge is 0.216 e. The Bertz CT molecular complexity index is 178. The highest BCUT2D eigenvalue weighted by Gasteiger charge is 1.73. The third-order valence-corrected chi connectivity index (χ3v) is 0.704. The van der Waals surface area contributed by atoms with Crippen LogP contribution < -0.4 is 16.0 Å². The Kier molecular flexibility index (Phi) is 57.8. The zero-order valence-corrected chi connectivity index (χ0v) is 14.2. The van der Waals surface area contributed by atoms with Crippen LogP contribution in [0, 0.1) is 0 Å². The Morgan fingerprint density at radius 1 is 0.632 bits per heavy atom. The van der Waals surface area contributed by atoms with Gasteiger partial charge in [-0.25, -0.2) is 0 Å². The van der Waals surface area contributed by atoms with Crippen molar-refractivity contribution < 1.29 is 14.4 Å². The molecule has 0 aliphatic heterocycles. The van der Waals surface area contributed by atoms with Crippen LogP contribution in [0.15, 0.2) is 0 Å². The number of ketones is 1. The predicted molar refractivity (Wildman–Crippen MR) is 82.2 cm³/mol. The summed E-state index contributed by atoms with van der Waals surface area (Å²) < 4.78 is 0. The van der Waals surface area contributed by atoms with Gasteiger partial charge in [0.1, 0.15) is 5.78 Å². The van der Waals surface area contributed by atoms with E-state index in [1.54, 1.807) is 14.1 Å². The van der Waals surface area contributed by atoms with E-state index in [0.717, 1.165) is 0 Å². The number of hydrogen-bond donors (Lipinski definition) is 3. The molecule has 3 N–H and O–H groups in total. The van der Waals surface area contributed by atoms with Gasteiger partial charge in [-0.1, -0.05) is 13.8 Å². The van der Waals surface area contributed by atoms with Crippen LogP contribution in [0.2, 0.25) is 0 Å². The highest BCUT2D eigenvalue weighted by Crippen LogP contribution is 1.50. The number of Topliss-reactive ketones (excluding diaryl/α,β-unsaturated/α-hetero) is 1. The SMILES string of the molecule is CC.CC(C)=O.CNC.CNC(C)=O.CNC(C)=O. The molecule has 0 aliphatic carbocycles. The average Bonchev–Trinajstić information content (AvgIpc) is 2.32. The Labute approximate surface area is 118 Å². The highest BCUT2D eigenvalue weighted by atomic mass is 16.2. The van der Waals surface area contributed by atoms with Crippen LogP contribution in [0.25, 0.3) is 0 Å². The molecule has 0 atom stereocenters. The lowest BCUT2D eigenvalue weighted by atomic mass is 10.6. The molecule has 6 heteroatoms. The van der Waals surface area contributed by atoms with Gasteiger partial charge in [-0.3, -0.25) is 9.59 Å². The van der Waals surface area contributed by atoms with Crippen molar-refractivity contribution in [3.8, 4) is 0 Å². The van der Waals surface area contributed by atoms with Gasteiger partial charge >= 0.3 is 0 Å². The Balaban J connectivity index is -0.0000000446. The molecule has 0 spiro atoms. The number of hydrogen-bond acceptors (Lipinski definition) is 4. The topological polar surface area (TPSA) is 87.3 Å². The van der Waals surface area contributed by atoms with Crippen LogP contribution in [-0.4, -0.2) is 45.8 Å². The monoisotopic (exact) mass is 279 g/mol. The molecule has 0 rings (SSSR count). The summed E-state index contributed by atoms with van der Waals surface area (Å²) in [5.74, 6) is 0.176. The highest BCUT2D eigenvalue weighted by molar-refractivity contribution is 5.72. The molecule has 0 heterocycles. The van der Waals surface area contributed by atoms with Crippen molar-refractivity contribution >= 4 is 17.6 Å². The lowest BCUT2D eigenvalue weighted by molar-refractivity contribution is -0.119. The summed E-state index contributed by atoms with van der Waals surface area (Å²) in [6, 6.07) is 0. The minimum Gasteiger partial charge on any atom is -0.359 e. The van der Waals surface area contributed by atoms with E-state index in [1.165, 1.54) is 27.7 Å². The minimum absolute atomic E-state index is 0.00463. The fourth-order valence-electron chi connectivity index (χ4n) is 0. The van der Waals surface area contributed by atoms with Gasteiger partial charge in [-0.15, -0.1) is 0 Å². The summed E-state index contributed by atoms with van der Waals surface area (Å²) in [6.45, 7) is 10.0. The van der Waals surface area contributed by atoms with E-state index in [-0.39, 0.29) is 17.6 Å². The van der Waals surface area contributed by atoms with Gasteiger partial charge < -0.3 is 20.7 Å². The molecule has 0 fully saturated rings. The Hall–Kier alpha value is -1.43. The molecule has 0 aromatic carbocycles. The van der Waals surface area contributed by atoms with Crippen LogP contribution in [0.1, 0.15) is 41.5 Å². The number of amides is 2. The summed E-state index contributed by atoms with van der Waals surface area (Å²) >= 11 is 0. The number of rotatable bonds is 0. The third kappa shape index (κ3) is 533. The quantitative estimate of drug-likeness (QED) is 0.616. The minimum atomic E-state index is 0.00463. The van der Waals surface area contributed by atoms with Crippen LogP contribution in [-0.2, 0) is 14.4 Å². The molecular formula is C13H33N3O3. The summed E-state index contributed by atoms with van der Waals surface area (Å²) in [6.07, 6.45) is 0. The van der Waals surface area contributed by atoms with Crippen molar-refractivity contribution in [2.45, 2.75) is 41.5 Å². The molecule has 0 radical (unpaired) electrons. The Morgan fingerprint density at radius 3 is 0.684 bits per heavy atom. The first-order chi connectivity index (χ1) is 8.69. The second-order valence-electron chi connectivity index (χ2n) is 3.02. The maximum absolute atomic E-state index is 9.70. The van der Waals surface area contributed by atoms with E-state index in [4.69, 9.17) is 0 Å². The summed E-state index contributed by atoms with van der Waals surface area (Å²) in [7, 11) is 6.95. The number of carbonyl (C=O) groups excluding carboxylic acids is 3. The molecule has 0 saturated carbocycles. The Morgan fingerprint density at radius 2 is 0.684 bits per heavy atom. The van der Waals surface area contributed by atoms with Gasteiger partial charge in [0.25, 0.3) is 0 Å². The second kappa shape index (κ2) is 36.0. The van der Waals surface area contributed by atoms with E-state index in [1.807, 2.05) is 27.9 Å². The van der Waals surface area contributed by atoms with Crippen molar-refractivity contribution in [1.29, 1.82) is 0 Å². The van der Waals surface area contributed by atoms with Crippen molar-refractivity contribution in [2.75, 3.05) is 28.2 Å². The molecule has 0 aromatic heterocycles. The molecule has 0 unspecified atom stereocenters.